The van der Waals surface area contributed by atoms with Gasteiger partial charge in [0.25, 0.3) is 0 Å². The molecule has 2 aromatic carbocycles. The first kappa shape index (κ1) is 22.0. The van der Waals surface area contributed by atoms with E-state index in [-0.39, 0.29) is 6.61 Å². The predicted molar refractivity (Wildman–Crippen MR) is 118 cm³/mol. The summed E-state index contributed by atoms with van der Waals surface area (Å²) >= 11 is 1.42. The molecule has 1 heterocycles. The van der Waals surface area contributed by atoms with Crippen LogP contribution in [0.2, 0.25) is 0 Å². The summed E-state index contributed by atoms with van der Waals surface area (Å²) in [6, 6.07) is 18.3. The number of nitrogens with one attached hydrogen (secondary N) is 1. The molecular weight excluding hydrogens is 398 g/mol. The number of nitrogens with zero attached hydrogens (tertiary/aromatic N) is 1. The lowest BCUT2D eigenvalue weighted by atomic mass is 9.93. The molecule has 30 heavy (non-hydrogen) atoms. The Balaban J connectivity index is 1.58. The van der Waals surface area contributed by atoms with Gasteiger partial charge in [0.2, 0.25) is 0 Å². The van der Waals surface area contributed by atoms with Crippen LogP contribution in [0.15, 0.2) is 72.4 Å². The largest absolute Gasteiger partial charge is 0.444 e. The van der Waals surface area contributed by atoms with Crippen molar-refractivity contribution in [1.82, 2.24) is 10.3 Å². The second kappa shape index (κ2) is 11.4. The van der Waals surface area contributed by atoms with Crippen LogP contribution in [0.5, 0.6) is 0 Å². The average molecular weight is 426 g/mol. The van der Waals surface area contributed by atoms with Crippen molar-refractivity contribution in [3.05, 3.63) is 88.4 Å². The monoisotopic (exact) mass is 425 g/mol. The summed E-state index contributed by atoms with van der Waals surface area (Å²) in [5, 5.41) is 13.5. The fourth-order valence-corrected chi connectivity index (χ4v) is 3.76. The molecule has 6 nitrogen and oxygen atoms in total. The fourth-order valence-electron chi connectivity index (χ4n) is 3.26. The number of hydrogen-bond acceptors (Lipinski definition) is 6. The van der Waals surface area contributed by atoms with E-state index >= 15 is 0 Å². The molecule has 0 fully saturated rings. The second-order valence-corrected chi connectivity index (χ2v) is 8.07. The maximum atomic E-state index is 12.4. The predicted octanol–water partition coefficient (Wildman–Crippen LogP) is 3.82. The Kier molecular flexibility index (Phi) is 8.38. The van der Waals surface area contributed by atoms with Crippen molar-refractivity contribution < 1.29 is 14.6 Å². The van der Waals surface area contributed by atoms with Crippen LogP contribution in [0, 0.1) is 0 Å². The third-order valence-corrected chi connectivity index (χ3v) is 5.65. The van der Waals surface area contributed by atoms with Crippen molar-refractivity contribution in [3.63, 3.8) is 0 Å². The van der Waals surface area contributed by atoms with Crippen LogP contribution in [-0.4, -0.2) is 28.3 Å². The van der Waals surface area contributed by atoms with Gasteiger partial charge in [0.15, 0.2) is 0 Å². The van der Waals surface area contributed by atoms with E-state index in [1.165, 1.54) is 16.9 Å². The Morgan fingerprint density at radius 1 is 1.13 bits per heavy atom. The van der Waals surface area contributed by atoms with Gasteiger partial charge < -0.3 is 20.9 Å². The zero-order chi connectivity index (χ0) is 21.2. The highest BCUT2D eigenvalue weighted by molar-refractivity contribution is 7.09. The lowest BCUT2D eigenvalue weighted by molar-refractivity contribution is 0.103. The Bertz CT molecular complexity index is 875. The second-order valence-electron chi connectivity index (χ2n) is 7.10. The van der Waals surface area contributed by atoms with Gasteiger partial charge >= 0.3 is 6.09 Å². The molecule has 7 heteroatoms. The number of hydrogen-bond donors (Lipinski definition) is 3. The summed E-state index contributed by atoms with van der Waals surface area (Å²) in [7, 11) is 0. The van der Waals surface area contributed by atoms with Gasteiger partial charge in [-0.1, -0.05) is 60.7 Å². The number of aliphatic hydroxyl groups excluding tert-OH is 1. The van der Waals surface area contributed by atoms with E-state index in [2.05, 4.69) is 22.4 Å². The van der Waals surface area contributed by atoms with Gasteiger partial charge in [0.1, 0.15) is 6.61 Å². The molecule has 158 valence electrons. The molecule has 1 amide bonds. The number of alkyl carbamates (subject to hydrolysis) is 1. The molecule has 4 N–H and O–H groups in total. The lowest BCUT2D eigenvalue weighted by Crippen LogP contribution is -2.47. The Hall–Kier alpha value is -2.74. The lowest BCUT2D eigenvalue weighted by Gasteiger charge is -2.29. The zero-order valence-electron chi connectivity index (χ0n) is 16.7. The number of thiazole rings is 1. The molecule has 0 spiro atoms. The van der Waals surface area contributed by atoms with Crippen LogP contribution in [0.1, 0.15) is 34.9 Å². The molecule has 3 atom stereocenters. The third kappa shape index (κ3) is 6.66. The summed E-state index contributed by atoms with van der Waals surface area (Å²) in [6.45, 7) is 0.146. The SMILES string of the molecule is N[C@@H](C(NC(=O)OCc1cncs1)c1ccccc1)[C@@H](O)CCCc1ccccc1. The number of aryl methyl sites for hydroxylation is 1. The molecular formula is C23H27N3O3S. The summed E-state index contributed by atoms with van der Waals surface area (Å²) in [5.41, 5.74) is 10.1. The molecule has 0 bridgehead atoms. The van der Waals surface area contributed by atoms with E-state index in [0.29, 0.717) is 6.42 Å². The van der Waals surface area contributed by atoms with E-state index in [1.807, 2.05) is 48.5 Å². The summed E-state index contributed by atoms with van der Waals surface area (Å²) < 4.78 is 5.29. The first-order chi connectivity index (χ1) is 14.6. The quantitative estimate of drug-likeness (QED) is 0.459. The molecule has 0 radical (unpaired) electrons. The Labute approximate surface area is 180 Å². The van der Waals surface area contributed by atoms with Gasteiger partial charge in [0.05, 0.1) is 28.6 Å². The van der Waals surface area contributed by atoms with Gasteiger partial charge in [-0.15, -0.1) is 11.3 Å². The van der Waals surface area contributed by atoms with Crippen molar-refractivity contribution in [2.75, 3.05) is 0 Å². The summed E-state index contributed by atoms with van der Waals surface area (Å²) in [5.74, 6) is 0. The number of benzene rings is 2. The minimum atomic E-state index is -0.763. The van der Waals surface area contributed by atoms with Crippen LogP contribution < -0.4 is 11.1 Å². The maximum absolute atomic E-state index is 12.4. The summed E-state index contributed by atoms with van der Waals surface area (Å²) in [4.78, 5) is 17.2. The number of aliphatic hydroxyl groups is 1. The number of rotatable bonds is 10. The molecule has 0 saturated carbocycles. The first-order valence-electron chi connectivity index (χ1n) is 9.96. The molecule has 0 saturated heterocycles. The molecule has 0 aliphatic rings. The van der Waals surface area contributed by atoms with Crippen LogP contribution in [0.4, 0.5) is 4.79 Å². The third-order valence-electron chi connectivity index (χ3n) is 4.90. The van der Waals surface area contributed by atoms with Gasteiger partial charge in [-0.3, -0.25) is 4.98 Å². The zero-order valence-corrected chi connectivity index (χ0v) is 17.5. The number of aromatic nitrogens is 1. The van der Waals surface area contributed by atoms with Crippen molar-refractivity contribution in [3.8, 4) is 0 Å². The van der Waals surface area contributed by atoms with Crippen molar-refractivity contribution in [2.24, 2.45) is 5.73 Å². The number of nitrogens with two attached hydrogens (primary N) is 1. The van der Waals surface area contributed by atoms with Gasteiger partial charge in [-0.2, -0.15) is 0 Å². The number of ether oxygens (including phenoxy) is 1. The highest BCUT2D eigenvalue weighted by Gasteiger charge is 2.28. The fraction of sp³-hybridized carbons (Fsp3) is 0.304. The van der Waals surface area contributed by atoms with Crippen LogP contribution in [0.25, 0.3) is 0 Å². The van der Waals surface area contributed by atoms with Gasteiger partial charge in [-0.05, 0) is 30.4 Å². The van der Waals surface area contributed by atoms with Crippen LogP contribution in [0.3, 0.4) is 0 Å². The minimum absolute atomic E-state index is 0.146. The molecule has 3 aromatic rings. The van der Waals surface area contributed by atoms with Gasteiger partial charge in [0, 0.05) is 6.20 Å². The number of amides is 1. The van der Waals surface area contributed by atoms with Crippen molar-refractivity contribution in [1.29, 1.82) is 0 Å². The highest BCUT2D eigenvalue weighted by atomic mass is 32.1. The minimum Gasteiger partial charge on any atom is -0.444 e. The van der Waals surface area contributed by atoms with Crippen molar-refractivity contribution in [2.45, 2.75) is 44.1 Å². The Morgan fingerprint density at radius 3 is 2.50 bits per heavy atom. The maximum Gasteiger partial charge on any atom is 0.408 e. The molecule has 0 aliphatic heterocycles. The first-order valence-corrected chi connectivity index (χ1v) is 10.8. The standard InChI is InChI=1S/C23H27N3O3S/c24-21(20(27)13-7-10-17-8-3-1-4-9-17)22(18-11-5-2-6-12-18)26-23(28)29-15-19-14-25-16-30-19/h1-6,8-9,11-12,14,16,20-22,27H,7,10,13,15,24H2,(H,26,28)/t20-,21+,22?/m0/s1. The van der Waals surface area contributed by atoms with E-state index < -0.39 is 24.3 Å². The molecule has 3 rings (SSSR count). The molecule has 1 unspecified atom stereocenters. The van der Waals surface area contributed by atoms with E-state index in [0.717, 1.165) is 23.3 Å². The topological polar surface area (TPSA) is 97.5 Å². The average Bonchev–Trinajstić information content (AvgIpc) is 3.30. The highest BCUT2D eigenvalue weighted by Crippen LogP contribution is 2.21. The smallest absolute Gasteiger partial charge is 0.408 e. The van der Waals surface area contributed by atoms with Crippen LogP contribution in [-0.2, 0) is 17.8 Å². The molecule has 1 aromatic heterocycles. The Morgan fingerprint density at radius 2 is 1.83 bits per heavy atom. The van der Waals surface area contributed by atoms with Gasteiger partial charge in [-0.25, -0.2) is 4.79 Å². The number of carbonyl (C=O) groups is 1. The van der Waals surface area contributed by atoms with E-state index in [1.54, 1.807) is 11.7 Å². The van der Waals surface area contributed by atoms with E-state index in [9.17, 15) is 9.90 Å². The van der Waals surface area contributed by atoms with E-state index in [4.69, 9.17) is 10.5 Å². The van der Waals surface area contributed by atoms with Crippen molar-refractivity contribution >= 4 is 17.4 Å². The summed E-state index contributed by atoms with van der Waals surface area (Å²) in [6.07, 6.45) is 2.53. The molecule has 0 aliphatic carbocycles. The normalized spacial score (nSPS) is 13.9. The van der Waals surface area contributed by atoms with Crippen LogP contribution >= 0.6 is 11.3 Å². The number of carbonyl (C=O) groups excluding carboxylic acids is 1.